The third-order valence-electron chi connectivity index (χ3n) is 5.11. The maximum Gasteiger partial charge on any atom is 0.416 e. The zero-order chi connectivity index (χ0) is 24.6. The van der Waals surface area contributed by atoms with Crippen molar-refractivity contribution < 1.29 is 17.9 Å². The summed E-state index contributed by atoms with van der Waals surface area (Å²) in [5, 5.41) is 4.38. The van der Waals surface area contributed by atoms with Crippen molar-refractivity contribution in [2.24, 2.45) is 0 Å². The molecular formula is C21H30ClN5O4S2. The van der Waals surface area contributed by atoms with Crippen molar-refractivity contribution in [1.29, 1.82) is 0 Å². The summed E-state index contributed by atoms with van der Waals surface area (Å²) in [6.07, 6.45) is 3.72. The monoisotopic (exact) mass is 515 g/mol. The SMILES string of the molecule is Cc1nc(N(C)C(=O)OC(C)(C)C)sc1-c1cc(NC2CCN(S(C)(=O)=O)CC2)ncc1Cl. The lowest BCUT2D eigenvalue weighted by Crippen LogP contribution is -2.41. The molecule has 182 valence electrons. The fourth-order valence-corrected chi connectivity index (χ4v) is 5.59. The first-order valence-corrected chi connectivity index (χ1v) is 13.6. The summed E-state index contributed by atoms with van der Waals surface area (Å²) in [5.41, 5.74) is 0.903. The first-order chi connectivity index (χ1) is 15.2. The van der Waals surface area contributed by atoms with Crippen LogP contribution in [0.4, 0.5) is 15.7 Å². The van der Waals surface area contributed by atoms with Gasteiger partial charge in [0, 0.05) is 37.9 Å². The summed E-state index contributed by atoms with van der Waals surface area (Å²) in [5.74, 6) is 0.655. The van der Waals surface area contributed by atoms with Crippen LogP contribution >= 0.6 is 22.9 Å². The van der Waals surface area contributed by atoms with E-state index < -0.39 is 21.7 Å². The molecule has 12 heteroatoms. The Morgan fingerprint density at radius 2 is 1.97 bits per heavy atom. The molecule has 1 aliphatic rings. The Hall–Kier alpha value is -1.95. The second-order valence-corrected chi connectivity index (χ2v) is 12.4. The number of sulfonamides is 1. The lowest BCUT2D eigenvalue weighted by molar-refractivity contribution is 0.0589. The number of aromatic nitrogens is 2. The van der Waals surface area contributed by atoms with Crippen LogP contribution in [0.2, 0.25) is 5.02 Å². The molecule has 1 saturated heterocycles. The van der Waals surface area contributed by atoms with Crippen molar-refractivity contribution in [3.8, 4) is 10.4 Å². The number of piperidine rings is 1. The molecule has 33 heavy (non-hydrogen) atoms. The lowest BCUT2D eigenvalue weighted by atomic mass is 10.1. The molecular weight excluding hydrogens is 486 g/mol. The van der Waals surface area contributed by atoms with E-state index in [1.807, 2.05) is 33.8 Å². The van der Waals surface area contributed by atoms with Gasteiger partial charge in [-0.1, -0.05) is 22.9 Å². The van der Waals surface area contributed by atoms with Crippen molar-refractivity contribution in [3.05, 3.63) is 23.0 Å². The Kier molecular flexibility index (Phi) is 7.57. The summed E-state index contributed by atoms with van der Waals surface area (Å²) in [4.78, 5) is 23.6. The number of nitrogens with zero attached hydrogens (tertiary/aromatic N) is 4. The zero-order valence-electron chi connectivity index (χ0n) is 19.7. The molecule has 0 radical (unpaired) electrons. The summed E-state index contributed by atoms with van der Waals surface area (Å²) >= 11 is 7.81. The predicted octanol–water partition coefficient (Wildman–Crippen LogP) is 4.37. The van der Waals surface area contributed by atoms with Crippen molar-refractivity contribution in [1.82, 2.24) is 14.3 Å². The minimum absolute atomic E-state index is 0.112. The molecule has 3 heterocycles. The number of hydrogen-bond acceptors (Lipinski definition) is 8. The number of carbonyl (C=O) groups is 1. The smallest absolute Gasteiger partial charge is 0.416 e. The van der Waals surface area contributed by atoms with E-state index in [0.717, 1.165) is 16.1 Å². The number of amides is 1. The molecule has 1 fully saturated rings. The standard InChI is InChI=1S/C21H30ClN5O4S2/c1-13-18(32-19(24-13)26(5)20(28)31-21(2,3)4)15-11-17(23-12-16(15)22)25-14-7-9-27(10-8-14)33(6,29)30/h11-12,14H,7-10H2,1-6H3,(H,23,25). The van der Waals surface area contributed by atoms with Crippen LogP contribution in [0.1, 0.15) is 39.3 Å². The highest BCUT2D eigenvalue weighted by molar-refractivity contribution is 7.88. The van der Waals surface area contributed by atoms with Crippen LogP contribution in [0.3, 0.4) is 0 Å². The normalized spacial score (nSPS) is 16.0. The van der Waals surface area contributed by atoms with Crippen molar-refractivity contribution >= 4 is 50.0 Å². The van der Waals surface area contributed by atoms with Crippen LogP contribution in [0.5, 0.6) is 0 Å². The van der Waals surface area contributed by atoms with E-state index in [1.165, 1.54) is 26.8 Å². The van der Waals surface area contributed by atoms with Crippen LogP contribution in [0, 0.1) is 6.92 Å². The van der Waals surface area contributed by atoms with E-state index in [9.17, 15) is 13.2 Å². The van der Waals surface area contributed by atoms with Crippen molar-refractivity contribution in [2.45, 2.75) is 52.2 Å². The first kappa shape index (κ1) is 25.7. The van der Waals surface area contributed by atoms with Crippen LogP contribution in [0.15, 0.2) is 12.3 Å². The highest BCUT2D eigenvalue weighted by atomic mass is 35.5. The number of nitrogens with one attached hydrogen (secondary N) is 1. The predicted molar refractivity (Wildman–Crippen MR) is 133 cm³/mol. The molecule has 9 nitrogen and oxygen atoms in total. The van der Waals surface area contributed by atoms with E-state index in [2.05, 4.69) is 15.3 Å². The highest BCUT2D eigenvalue weighted by Gasteiger charge is 2.26. The summed E-state index contributed by atoms with van der Waals surface area (Å²) in [6, 6.07) is 1.98. The number of ether oxygens (including phenoxy) is 1. The van der Waals surface area contributed by atoms with E-state index in [1.54, 1.807) is 13.2 Å². The summed E-state index contributed by atoms with van der Waals surface area (Å²) < 4.78 is 30.4. The summed E-state index contributed by atoms with van der Waals surface area (Å²) in [6.45, 7) is 8.26. The molecule has 2 aromatic rings. The Labute approximate surface area is 204 Å². The molecule has 1 N–H and O–H groups in total. The van der Waals surface area contributed by atoms with Gasteiger partial charge in [-0.15, -0.1) is 0 Å². The molecule has 1 aliphatic heterocycles. The van der Waals surface area contributed by atoms with Gasteiger partial charge >= 0.3 is 6.09 Å². The van der Waals surface area contributed by atoms with Crippen molar-refractivity contribution in [3.63, 3.8) is 0 Å². The maximum absolute atomic E-state index is 12.4. The Balaban J connectivity index is 1.77. The topological polar surface area (TPSA) is 105 Å². The second-order valence-electron chi connectivity index (χ2n) is 9.08. The van der Waals surface area contributed by atoms with Crippen LogP contribution in [-0.2, 0) is 14.8 Å². The van der Waals surface area contributed by atoms with Gasteiger partial charge in [-0.2, -0.15) is 0 Å². The average molecular weight is 516 g/mol. The average Bonchev–Trinajstić information content (AvgIpc) is 3.08. The molecule has 2 aromatic heterocycles. The third kappa shape index (κ3) is 6.56. The first-order valence-electron chi connectivity index (χ1n) is 10.6. The number of anilines is 2. The van der Waals surface area contributed by atoms with E-state index in [0.29, 0.717) is 41.9 Å². The number of rotatable bonds is 5. The largest absolute Gasteiger partial charge is 0.443 e. The second kappa shape index (κ2) is 9.73. The van der Waals surface area contributed by atoms with Gasteiger partial charge in [0.1, 0.15) is 11.4 Å². The van der Waals surface area contributed by atoms with Gasteiger partial charge in [0.2, 0.25) is 10.0 Å². The fourth-order valence-electron chi connectivity index (χ4n) is 3.42. The molecule has 0 bridgehead atoms. The number of carbonyl (C=O) groups excluding carboxylic acids is 1. The van der Waals surface area contributed by atoms with Crippen LogP contribution in [0.25, 0.3) is 10.4 Å². The van der Waals surface area contributed by atoms with E-state index >= 15 is 0 Å². The Morgan fingerprint density at radius 1 is 1.33 bits per heavy atom. The van der Waals surface area contributed by atoms with Gasteiger partial charge in [0.25, 0.3) is 0 Å². The number of hydrogen-bond donors (Lipinski definition) is 1. The van der Waals surface area contributed by atoms with E-state index in [-0.39, 0.29) is 6.04 Å². The molecule has 3 rings (SSSR count). The van der Waals surface area contributed by atoms with E-state index in [4.69, 9.17) is 16.3 Å². The summed E-state index contributed by atoms with van der Waals surface area (Å²) in [7, 11) is -1.54. The van der Waals surface area contributed by atoms with Gasteiger partial charge in [-0.05, 0) is 46.6 Å². The molecule has 1 amide bonds. The number of halogens is 1. The van der Waals surface area contributed by atoms with Gasteiger partial charge in [0.15, 0.2) is 5.13 Å². The molecule has 0 saturated carbocycles. The molecule has 0 unspecified atom stereocenters. The van der Waals surface area contributed by atoms with Gasteiger partial charge in [0.05, 0.1) is 21.8 Å². The maximum atomic E-state index is 12.4. The minimum atomic E-state index is -3.17. The van der Waals surface area contributed by atoms with Gasteiger partial charge < -0.3 is 10.1 Å². The zero-order valence-corrected chi connectivity index (χ0v) is 22.1. The fraction of sp³-hybridized carbons (Fsp3) is 0.571. The molecule has 0 atom stereocenters. The highest BCUT2D eigenvalue weighted by Crippen LogP contribution is 2.39. The quantitative estimate of drug-likeness (QED) is 0.630. The molecule has 0 aliphatic carbocycles. The minimum Gasteiger partial charge on any atom is -0.443 e. The number of pyridine rings is 1. The molecule has 0 spiro atoms. The van der Waals surface area contributed by atoms with Gasteiger partial charge in [-0.3, -0.25) is 4.90 Å². The number of aryl methyl sites for hydroxylation is 1. The van der Waals surface area contributed by atoms with Gasteiger partial charge in [-0.25, -0.2) is 27.5 Å². The van der Waals surface area contributed by atoms with Crippen LogP contribution in [-0.4, -0.2) is 66.8 Å². The number of thiazole rings is 1. The Morgan fingerprint density at radius 3 is 2.55 bits per heavy atom. The third-order valence-corrected chi connectivity index (χ3v) is 7.99. The van der Waals surface area contributed by atoms with Crippen molar-refractivity contribution in [2.75, 3.05) is 36.6 Å². The lowest BCUT2D eigenvalue weighted by Gasteiger charge is -2.31. The molecule has 0 aromatic carbocycles. The Bertz CT molecular complexity index is 1120. The van der Waals surface area contributed by atoms with Crippen LogP contribution < -0.4 is 10.2 Å².